The number of carbonyl (C=O) groups is 6. The van der Waals surface area contributed by atoms with Crippen LogP contribution < -0.4 is 21.7 Å². The zero-order valence-electron chi connectivity index (χ0n) is 14.9. The van der Waals surface area contributed by atoms with Gasteiger partial charge in [0.15, 0.2) is 0 Å². The molecule has 164 valence electrons. The molecule has 0 spiro atoms. The van der Waals surface area contributed by atoms with Gasteiger partial charge in [0.25, 0.3) is 0 Å². The molecule has 15 heteroatoms. The lowest BCUT2D eigenvalue weighted by Gasteiger charge is -2.23. The maximum absolute atomic E-state index is 12.3. The second kappa shape index (κ2) is 12.5. The number of amides is 3. The fourth-order valence-corrected chi connectivity index (χ4v) is 2.11. The van der Waals surface area contributed by atoms with Crippen LogP contribution in [0.1, 0.15) is 12.8 Å². The number of carboxylic acids is 3. The van der Waals surface area contributed by atoms with Crippen LogP contribution in [0.3, 0.4) is 0 Å². The zero-order valence-corrected chi connectivity index (χ0v) is 15.8. The van der Waals surface area contributed by atoms with E-state index in [2.05, 4.69) is 12.6 Å². The van der Waals surface area contributed by atoms with E-state index >= 15 is 0 Å². The number of thiol groups is 1. The lowest BCUT2D eigenvalue weighted by atomic mass is 10.1. The van der Waals surface area contributed by atoms with Crippen LogP contribution in [0, 0.1) is 0 Å². The van der Waals surface area contributed by atoms with Crippen molar-refractivity contribution < 1.29 is 49.2 Å². The Labute approximate surface area is 169 Å². The Balaban J connectivity index is 5.42. The maximum Gasteiger partial charge on any atom is 0.327 e. The van der Waals surface area contributed by atoms with Crippen molar-refractivity contribution in [3.8, 4) is 0 Å². The Morgan fingerprint density at radius 2 is 1.14 bits per heavy atom. The summed E-state index contributed by atoms with van der Waals surface area (Å²) in [5.74, 6) is -8.28. The number of carboxylic acid groups (broad SMARTS) is 3. The van der Waals surface area contributed by atoms with Crippen molar-refractivity contribution in [1.29, 1.82) is 0 Å². The molecular weight excluding hydrogens is 416 g/mol. The molecule has 4 unspecified atom stereocenters. The van der Waals surface area contributed by atoms with Crippen molar-refractivity contribution in [2.45, 2.75) is 37.0 Å². The summed E-state index contributed by atoms with van der Waals surface area (Å²) in [7, 11) is 0. The van der Waals surface area contributed by atoms with Gasteiger partial charge in [-0.1, -0.05) is 0 Å². The molecule has 4 atom stereocenters. The summed E-state index contributed by atoms with van der Waals surface area (Å²) >= 11 is 3.73. The zero-order chi connectivity index (χ0) is 22.7. The van der Waals surface area contributed by atoms with Gasteiger partial charge in [0.05, 0.1) is 19.4 Å². The van der Waals surface area contributed by atoms with E-state index in [9.17, 15) is 28.8 Å². The molecule has 0 saturated heterocycles. The number of nitrogens with one attached hydrogen (secondary N) is 3. The molecule has 0 radical (unpaired) electrons. The summed E-state index contributed by atoms with van der Waals surface area (Å²) in [6.07, 6.45) is -1.90. The van der Waals surface area contributed by atoms with E-state index in [1.165, 1.54) is 0 Å². The summed E-state index contributed by atoms with van der Waals surface area (Å²) in [6.45, 7) is -0.794. The molecule has 0 fully saturated rings. The standard InChI is InChI=1S/C14H22N4O10S/c15-5(3-19)11(24)16-6(1-9(20)21)12(25)17-7(2-10(22)23)13(26)18-8(4-29)14(27)28/h5-8,19,29H,1-4,15H2,(H,16,24)(H,17,25)(H,18,26)(H,20,21)(H,22,23)(H,27,28). The Kier molecular flexibility index (Phi) is 11.3. The molecule has 0 bridgehead atoms. The van der Waals surface area contributed by atoms with Gasteiger partial charge < -0.3 is 42.1 Å². The fourth-order valence-electron chi connectivity index (χ4n) is 1.86. The van der Waals surface area contributed by atoms with Crippen molar-refractivity contribution in [1.82, 2.24) is 16.0 Å². The highest BCUT2D eigenvalue weighted by Crippen LogP contribution is 2.01. The van der Waals surface area contributed by atoms with Crippen LogP contribution in [0.15, 0.2) is 0 Å². The summed E-state index contributed by atoms with van der Waals surface area (Å²) in [5.41, 5.74) is 5.26. The van der Waals surface area contributed by atoms with E-state index in [4.69, 9.17) is 26.2 Å². The van der Waals surface area contributed by atoms with Crippen LogP contribution in [0.5, 0.6) is 0 Å². The van der Waals surface area contributed by atoms with Crippen molar-refractivity contribution in [2.24, 2.45) is 5.73 Å². The summed E-state index contributed by atoms with van der Waals surface area (Å²) < 4.78 is 0. The molecule has 0 saturated carbocycles. The third-order valence-electron chi connectivity index (χ3n) is 3.35. The molecule has 0 aromatic rings. The third kappa shape index (κ3) is 9.72. The smallest absolute Gasteiger partial charge is 0.327 e. The average Bonchev–Trinajstić information content (AvgIpc) is 2.62. The number of nitrogens with two attached hydrogens (primary N) is 1. The molecule has 0 aromatic heterocycles. The number of aliphatic carboxylic acids is 3. The van der Waals surface area contributed by atoms with Gasteiger partial charge in [0.2, 0.25) is 17.7 Å². The second-order valence-electron chi connectivity index (χ2n) is 5.69. The fraction of sp³-hybridized carbons (Fsp3) is 0.571. The van der Waals surface area contributed by atoms with Crippen LogP contribution in [-0.4, -0.2) is 92.6 Å². The quantitative estimate of drug-likeness (QED) is 0.124. The van der Waals surface area contributed by atoms with E-state index in [-0.39, 0.29) is 5.75 Å². The predicted octanol–water partition coefficient (Wildman–Crippen LogP) is -4.28. The molecular formula is C14H22N4O10S. The van der Waals surface area contributed by atoms with Gasteiger partial charge in [-0.3, -0.25) is 24.0 Å². The Morgan fingerprint density at radius 3 is 1.45 bits per heavy atom. The molecule has 14 nitrogen and oxygen atoms in total. The van der Waals surface area contributed by atoms with Crippen LogP contribution in [0.25, 0.3) is 0 Å². The molecule has 0 rings (SSSR count). The number of aliphatic hydroxyl groups excluding tert-OH is 1. The Bertz CT molecular complexity index is 658. The predicted molar refractivity (Wildman–Crippen MR) is 96.8 cm³/mol. The first-order valence-corrected chi connectivity index (χ1v) is 8.60. The van der Waals surface area contributed by atoms with Crippen molar-refractivity contribution in [2.75, 3.05) is 12.4 Å². The van der Waals surface area contributed by atoms with Gasteiger partial charge in [0.1, 0.15) is 24.2 Å². The van der Waals surface area contributed by atoms with Crippen LogP contribution >= 0.6 is 12.6 Å². The minimum atomic E-state index is -1.78. The second-order valence-corrected chi connectivity index (χ2v) is 6.05. The monoisotopic (exact) mass is 438 g/mol. The van der Waals surface area contributed by atoms with E-state index in [0.717, 1.165) is 0 Å². The summed E-state index contributed by atoms with van der Waals surface area (Å²) in [5, 5.41) is 41.4. The highest BCUT2D eigenvalue weighted by Gasteiger charge is 2.32. The van der Waals surface area contributed by atoms with Gasteiger partial charge in [-0.05, 0) is 0 Å². The minimum absolute atomic E-state index is 0.328. The summed E-state index contributed by atoms with van der Waals surface area (Å²) in [4.78, 5) is 69.1. The SMILES string of the molecule is NC(CO)C(=O)NC(CC(=O)O)C(=O)NC(CC(=O)O)C(=O)NC(CS)C(=O)O. The molecule has 0 aliphatic heterocycles. The van der Waals surface area contributed by atoms with Gasteiger partial charge >= 0.3 is 17.9 Å². The molecule has 29 heavy (non-hydrogen) atoms. The number of carbonyl (C=O) groups excluding carboxylic acids is 3. The van der Waals surface area contributed by atoms with Gasteiger partial charge in [-0.25, -0.2) is 4.79 Å². The number of hydrogen-bond donors (Lipinski definition) is 9. The van der Waals surface area contributed by atoms with E-state index in [1.807, 2.05) is 16.0 Å². The third-order valence-corrected chi connectivity index (χ3v) is 3.72. The first kappa shape index (κ1) is 26.1. The number of aliphatic hydroxyl groups is 1. The summed E-state index contributed by atoms with van der Waals surface area (Å²) in [6, 6.07) is -6.46. The lowest BCUT2D eigenvalue weighted by Crippen LogP contribution is -2.58. The molecule has 0 aliphatic carbocycles. The molecule has 0 aromatic carbocycles. The van der Waals surface area contributed by atoms with Gasteiger partial charge in [-0.2, -0.15) is 12.6 Å². The van der Waals surface area contributed by atoms with Crippen LogP contribution in [0.2, 0.25) is 0 Å². The topological polar surface area (TPSA) is 245 Å². The van der Waals surface area contributed by atoms with Crippen molar-refractivity contribution >= 4 is 48.3 Å². The molecule has 0 aliphatic rings. The molecule has 0 heterocycles. The lowest BCUT2D eigenvalue weighted by molar-refractivity contribution is -0.144. The first-order valence-electron chi connectivity index (χ1n) is 7.97. The maximum atomic E-state index is 12.3. The first-order chi connectivity index (χ1) is 13.4. The minimum Gasteiger partial charge on any atom is -0.481 e. The normalized spacial score (nSPS) is 14.6. The molecule has 9 N–H and O–H groups in total. The molecule has 3 amide bonds. The number of hydrogen-bond acceptors (Lipinski definition) is 9. The Hall–Kier alpha value is -2.91. The van der Waals surface area contributed by atoms with Crippen LogP contribution in [0.4, 0.5) is 0 Å². The van der Waals surface area contributed by atoms with E-state index in [1.54, 1.807) is 0 Å². The van der Waals surface area contributed by atoms with Gasteiger partial charge in [0, 0.05) is 5.75 Å². The highest BCUT2D eigenvalue weighted by atomic mass is 32.1. The van der Waals surface area contributed by atoms with Crippen molar-refractivity contribution in [3.63, 3.8) is 0 Å². The highest BCUT2D eigenvalue weighted by molar-refractivity contribution is 7.80. The Morgan fingerprint density at radius 1 is 0.759 bits per heavy atom. The van der Waals surface area contributed by atoms with Crippen molar-refractivity contribution in [3.05, 3.63) is 0 Å². The number of rotatable bonds is 13. The van der Waals surface area contributed by atoms with Gasteiger partial charge in [-0.15, -0.1) is 0 Å². The van der Waals surface area contributed by atoms with E-state index in [0.29, 0.717) is 0 Å². The van der Waals surface area contributed by atoms with Crippen LogP contribution in [-0.2, 0) is 28.8 Å². The van der Waals surface area contributed by atoms with E-state index < -0.39 is 79.2 Å². The average molecular weight is 438 g/mol. The largest absolute Gasteiger partial charge is 0.481 e.